The van der Waals surface area contributed by atoms with Crippen molar-refractivity contribution in [2.45, 2.75) is 6.92 Å². The van der Waals surface area contributed by atoms with Gasteiger partial charge >= 0.3 is 0 Å². The van der Waals surface area contributed by atoms with Crippen LogP contribution in [-0.2, 0) is 4.79 Å². The van der Waals surface area contributed by atoms with Gasteiger partial charge < -0.3 is 15.2 Å². The zero-order valence-electron chi connectivity index (χ0n) is 10.5. The Bertz CT molecular complexity index is 398. The van der Waals surface area contributed by atoms with Crippen LogP contribution in [0.3, 0.4) is 0 Å². The highest BCUT2D eigenvalue weighted by Crippen LogP contribution is 2.11. The molecule has 0 radical (unpaired) electrons. The van der Waals surface area contributed by atoms with E-state index in [2.05, 4.69) is 11.9 Å². The molecule has 0 unspecified atom stereocenters. The zero-order chi connectivity index (χ0) is 14.0. The van der Waals surface area contributed by atoms with E-state index < -0.39 is 0 Å². The van der Waals surface area contributed by atoms with Gasteiger partial charge in [-0.3, -0.25) is 9.59 Å². The number of carbonyl (C=O) groups is 2. The minimum Gasteiger partial charge on any atom is -0.497 e. The minimum atomic E-state index is -0.359. The maximum atomic E-state index is 10.8. The first-order chi connectivity index (χ1) is 8.54. The lowest BCUT2D eigenvalue weighted by Crippen LogP contribution is -2.20. The van der Waals surface area contributed by atoms with Gasteiger partial charge in [0.2, 0.25) is 5.91 Å². The van der Waals surface area contributed by atoms with E-state index in [1.807, 2.05) is 0 Å². The molecule has 5 heteroatoms. The average molecular weight is 251 g/mol. The van der Waals surface area contributed by atoms with Crippen LogP contribution in [0, 0.1) is 0 Å². The summed E-state index contributed by atoms with van der Waals surface area (Å²) >= 11 is 0. The number of benzene rings is 1. The number of ether oxygens (including phenoxy) is 1. The summed E-state index contributed by atoms with van der Waals surface area (Å²) < 4.78 is 4.94. The standard InChI is InChI=1S/C9H10O2.C4H7NO2/c1-7(10)8-3-5-9(11-2)6-4-8;1-2-4(7)5-3-6/h3-6H,1-2H3;2,6H,1,3H2,(H,5,7). The van der Waals surface area contributed by atoms with Crippen LogP contribution in [0.15, 0.2) is 36.9 Å². The highest BCUT2D eigenvalue weighted by atomic mass is 16.5. The molecule has 1 aromatic rings. The van der Waals surface area contributed by atoms with E-state index in [4.69, 9.17) is 9.84 Å². The van der Waals surface area contributed by atoms with E-state index in [1.54, 1.807) is 38.3 Å². The van der Waals surface area contributed by atoms with Crippen molar-refractivity contribution in [2.24, 2.45) is 0 Å². The van der Waals surface area contributed by atoms with Crippen LogP contribution >= 0.6 is 0 Å². The Morgan fingerprint density at radius 3 is 2.22 bits per heavy atom. The average Bonchev–Trinajstić information content (AvgIpc) is 2.39. The van der Waals surface area contributed by atoms with Crippen molar-refractivity contribution in [1.82, 2.24) is 5.32 Å². The van der Waals surface area contributed by atoms with Crippen molar-refractivity contribution >= 4 is 11.7 Å². The smallest absolute Gasteiger partial charge is 0.245 e. The minimum absolute atomic E-state index is 0.0765. The molecular formula is C13H17NO4. The molecule has 0 aromatic heterocycles. The molecule has 1 aromatic carbocycles. The molecule has 2 N–H and O–H groups in total. The van der Waals surface area contributed by atoms with Crippen LogP contribution in [0.25, 0.3) is 0 Å². The summed E-state index contributed by atoms with van der Waals surface area (Å²) in [6, 6.07) is 7.05. The number of aliphatic hydroxyl groups excluding tert-OH is 1. The summed E-state index contributed by atoms with van der Waals surface area (Å²) in [5.41, 5.74) is 0.714. The topological polar surface area (TPSA) is 75.6 Å². The van der Waals surface area contributed by atoms with E-state index in [0.29, 0.717) is 5.56 Å². The van der Waals surface area contributed by atoms with Crippen LogP contribution < -0.4 is 10.1 Å². The number of hydrogen-bond donors (Lipinski definition) is 2. The van der Waals surface area contributed by atoms with Gasteiger partial charge in [0.15, 0.2) is 5.78 Å². The summed E-state index contributed by atoms with van der Waals surface area (Å²) in [5.74, 6) is 0.491. The molecule has 98 valence electrons. The first-order valence-electron chi connectivity index (χ1n) is 5.21. The second-order valence-electron chi connectivity index (χ2n) is 3.19. The molecule has 0 bridgehead atoms. The molecule has 5 nitrogen and oxygen atoms in total. The largest absolute Gasteiger partial charge is 0.497 e. The van der Waals surface area contributed by atoms with Crippen molar-refractivity contribution in [3.8, 4) is 5.75 Å². The summed E-state index contributed by atoms with van der Waals surface area (Å²) in [4.78, 5) is 20.8. The number of ketones is 1. The van der Waals surface area contributed by atoms with Crippen LogP contribution in [-0.4, -0.2) is 30.6 Å². The number of hydrogen-bond acceptors (Lipinski definition) is 4. The Balaban J connectivity index is 0.000000360. The number of rotatable bonds is 4. The monoisotopic (exact) mass is 251 g/mol. The maximum absolute atomic E-state index is 10.8. The third-order valence-corrected chi connectivity index (χ3v) is 1.94. The second-order valence-corrected chi connectivity index (χ2v) is 3.19. The zero-order valence-corrected chi connectivity index (χ0v) is 10.5. The fraction of sp³-hybridized carbons (Fsp3) is 0.231. The molecule has 0 saturated carbocycles. The van der Waals surface area contributed by atoms with Gasteiger partial charge in [-0.15, -0.1) is 0 Å². The lowest BCUT2D eigenvalue weighted by molar-refractivity contribution is -0.117. The van der Waals surface area contributed by atoms with Crippen molar-refractivity contribution < 1.29 is 19.4 Å². The fourth-order valence-corrected chi connectivity index (χ4v) is 0.976. The van der Waals surface area contributed by atoms with Crippen molar-refractivity contribution in [3.05, 3.63) is 42.5 Å². The number of aliphatic hydroxyl groups is 1. The van der Waals surface area contributed by atoms with E-state index in [1.165, 1.54) is 0 Å². The van der Waals surface area contributed by atoms with E-state index in [0.717, 1.165) is 11.8 Å². The summed E-state index contributed by atoms with van der Waals surface area (Å²) in [6.45, 7) is 4.37. The van der Waals surface area contributed by atoms with Crippen LogP contribution in [0.4, 0.5) is 0 Å². The maximum Gasteiger partial charge on any atom is 0.245 e. The van der Waals surface area contributed by atoms with Crippen molar-refractivity contribution in [3.63, 3.8) is 0 Å². The fourth-order valence-electron chi connectivity index (χ4n) is 0.976. The van der Waals surface area contributed by atoms with Gasteiger partial charge in [-0.05, 0) is 37.3 Å². The predicted molar refractivity (Wildman–Crippen MR) is 68.4 cm³/mol. The lowest BCUT2D eigenvalue weighted by atomic mass is 10.1. The number of Topliss-reactive ketones (excluding diaryl/α,β-unsaturated/α-hetero) is 1. The predicted octanol–water partition coefficient (Wildman–Crippen LogP) is 1.14. The SMILES string of the molecule is C=CC(=O)NCO.COc1ccc(C(C)=O)cc1. The molecular weight excluding hydrogens is 234 g/mol. The third kappa shape index (κ3) is 6.44. The molecule has 18 heavy (non-hydrogen) atoms. The number of amides is 1. The highest BCUT2D eigenvalue weighted by molar-refractivity contribution is 5.94. The Hall–Kier alpha value is -2.14. The van der Waals surface area contributed by atoms with Crippen molar-refractivity contribution in [2.75, 3.05) is 13.8 Å². The van der Waals surface area contributed by atoms with Gasteiger partial charge in [-0.25, -0.2) is 0 Å². The molecule has 0 aliphatic rings. The first-order valence-corrected chi connectivity index (χ1v) is 5.21. The first kappa shape index (κ1) is 15.9. The summed E-state index contributed by atoms with van der Waals surface area (Å²) in [5, 5.41) is 10.1. The third-order valence-electron chi connectivity index (χ3n) is 1.94. The Morgan fingerprint density at radius 1 is 1.39 bits per heavy atom. The van der Waals surface area contributed by atoms with Gasteiger partial charge in [-0.1, -0.05) is 6.58 Å². The molecule has 0 fully saturated rings. The van der Waals surface area contributed by atoms with Crippen LogP contribution in [0.1, 0.15) is 17.3 Å². The van der Waals surface area contributed by atoms with Gasteiger partial charge in [0.05, 0.1) is 7.11 Å². The lowest BCUT2D eigenvalue weighted by Gasteiger charge is -1.98. The number of methoxy groups -OCH3 is 1. The molecule has 1 rings (SSSR count). The summed E-state index contributed by atoms with van der Waals surface area (Å²) in [6.07, 6.45) is 1.09. The molecule has 1 amide bonds. The normalized spacial score (nSPS) is 8.61. The van der Waals surface area contributed by atoms with Gasteiger partial charge in [-0.2, -0.15) is 0 Å². The molecule has 0 aliphatic heterocycles. The highest BCUT2D eigenvalue weighted by Gasteiger charge is 1.97. The number of nitrogens with one attached hydrogen (secondary N) is 1. The molecule has 0 atom stereocenters. The Kier molecular flexibility index (Phi) is 7.89. The quantitative estimate of drug-likeness (QED) is 0.478. The van der Waals surface area contributed by atoms with Crippen LogP contribution in [0.2, 0.25) is 0 Å². The molecule has 0 aliphatic carbocycles. The van der Waals surface area contributed by atoms with Crippen LogP contribution in [0.5, 0.6) is 5.75 Å². The molecule has 0 spiro atoms. The van der Waals surface area contributed by atoms with E-state index in [9.17, 15) is 9.59 Å². The van der Waals surface area contributed by atoms with Gasteiger partial charge in [0, 0.05) is 5.56 Å². The van der Waals surface area contributed by atoms with E-state index in [-0.39, 0.29) is 18.4 Å². The Morgan fingerprint density at radius 2 is 1.94 bits per heavy atom. The second kappa shape index (κ2) is 8.95. The van der Waals surface area contributed by atoms with Gasteiger partial charge in [0.25, 0.3) is 0 Å². The molecule has 0 heterocycles. The van der Waals surface area contributed by atoms with E-state index >= 15 is 0 Å². The van der Waals surface area contributed by atoms with Gasteiger partial charge in [0.1, 0.15) is 12.5 Å². The summed E-state index contributed by atoms with van der Waals surface area (Å²) in [7, 11) is 1.60. The Labute approximate surface area is 106 Å². The molecule has 0 saturated heterocycles. The number of carbonyl (C=O) groups excluding carboxylic acids is 2. The van der Waals surface area contributed by atoms with Crippen molar-refractivity contribution in [1.29, 1.82) is 0 Å².